The van der Waals surface area contributed by atoms with E-state index in [1.165, 1.54) is 0 Å². The number of hydrogen-bond acceptors (Lipinski definition) is 2. The molecule has 1 unspecified atom stereocenters. The van der Waals surface area contributed by atoms with Crippen LogP contribution in [-0.2, 0) is 9.53 Å². The maximum atomic E-state index is 11.8. The molecule has 2 heteroatoms. The van der Waals surface area contributed by atoms with Crippen molar-refractivity contribution in [3.63, 3.8) is 0 Å². The summed E-state index contributed by atoms with van der Waals surface area (Å²) in [5.41, 5.74) is -0.263. The van der Waals surface area contributed by atoms with E-state index < -0.39 is 0 Å². The van der Waals surface area contributed by atoms with Crippen LogP contribution < -0.4 is 0 Å². The van der Waals surface area contributed by atoms with E-state index in [4.69, 9.17) is 4.74 Å². The third-order valence-electron chi connectivity index (χ3n) is 3.57. The summed E-state index contributed by atoms with van der Waals surface area (Å²) in [6, 6.07) is 0. The molecule has 0 saturated heterocycles. The molecule has 0 rings (SSSR count). The molecule has 0 saturated carbocycles. The predicted molar refractivity (Wildman–Crippen MR) is 63.7 cm³/mol. The number of carbonyl (C=O) groups excluding carboxylic acids is 1. The Balaban J connectivity index is 4.61. The van der Waals surface area contributed by atoms with Crippen molar-refractivity contribution in [1.29, 1.82) is 0 Å². The van der Waals surface area contributed by atoms with Gasteiger partial charge in [0.15, 0.2) is 0 Å². The zero-order valence-corrected chi connectivity index (χ0v) is 11.1. The molecule has 0 aromatic carbocycles. The van der Waals surface area contributed by atoms with Crippen LogP contribution in [0.5, 0.6) is 0 Å². The van der Waals surface area contributed by atoms with Gasteiger partial charge in [-0.2, -0.15) is 0 Å². The summed E-state index contributed by atoms with van der Waals surface area (Å²) in [5, 5.41) is 0. The van der Waals surface area contributed by atoms with Gasteiger partial charge >= 0.3 is 5.97 Å². The van der Waals surface area contributed by atoms with Gasteiger partial charge in [0.2, 0.25) is 0 Å². The van der Waals surface area contributed by atoms with E-state index in [2.05, 4.69) is 27.7 Å². The quantitative estimate of drug-likeness (QED) is 0.629. The van der Waals surface area contributed by atoms with Crippen LogP contribution in [0.25, 0.3) is 0 Å². The molecule has 0 aromatic heterocycles. The number of hydrogen-bond donors (Lipinski definition) is 0. The topological polar surface area (TPSA) is 26.3 Å². The van der Waals surface area contributed by atoms with E-state index in [1.54, 1.807) is 0 Å². The summed E-state index contributed by atoms with van der Waals surface area (Å²) in [4.78, 5) is 11.8. The fourth-order valence-electron chi connectivity index (χ4n) is 1.80. The van der Waals surface area contributed by atoms with Crippen LogP contribution in [-0.4, -0.2) is 11.6 Å². The van der Waals surface area contributed by atoms with E-state index in [0.717, 1.165) is 19.3 Å². The van der Waals surface area contributed by atoms with Crippen LogP contribution >= 0.6 is 0 Å². The molecule has 0 N–H and O–H groups in total. The Hall–Kier alpha value is -0.530. The van der Waals surface area contributed by atoms with Gasteiger partial charge in [0.05, 0.1) is 5.92 Å². The second kappa shape index (κ2) is 6.14. The largest absolute Gasteiger partial charge is 0.459 e. The molecule has 0 spiro atoms. The third-order valence-corrected chi connectivity index (χ3v) is 3.57. The van der Waals surface area contributed by atoms with Crippen LogP contribution in [0.15, 0.2) is 0 Å². The standard InChI is InChI=1S/C13H26O2/c1-7-11(6)12(14)15-13(8-2,9-3)10(4)5/h10-11H,7-9H2,1-6H3. The first kappa shape index (κ1) is 14.5. The van der Waals surface area contributed by atoms with Crippen molar-refractivity contribution >= 4 is 5.97 Å². The average Bonchev–Trinajstić information content (AvgIpc) is 2.24. The van der Waals surface area contributed by atoms with Crippen molar-refractivity contribution in [1.82, 2.24) is 0 Å². The van der Waals surface area contributed by atoms with E-state index in [1.807, 2.05) is 13.8 Å². The lowest BCUT2D eigenvalue weighted by Gasteiger charge is -2.36. The highest BCUT2D eigenvalue weighted by molar-refractivity contribution is 5.72. The van der Waals surface area contributed by atoms with Gasteiger partial charge in [0.1, 0.15) is 5.60 Å². The van der Waals surface area contributed by atoms with Crippen LogP contribution in [0, 0.1) is 11.8 Å². The molecule has 0 aliphatic rings. The van der Waals surface area contributed by atoms with Gasteiger partial charge in [-0.25, -0.2) is 0 Å². The Bertz CT molecular complexity index is 193. The summed E-state index contributed by atoms with van der Waals surface area (Å²) in [5.74, 6) is 0.344. The Labute approximate surface area is 94.4 Å². The van der Waals surface area contributed by atoms with Gasteiger partial charge in [-0.05, 0) is 25.2 Å². The van der Waals surface area contributed by atoms with Crippen LogP contribution in [0.4, 0.5) is 0 Å². The van der Waals surface area contributed by atoms with E-state index in [9.17, 15) is 4.79 Å². The minimum absolute atomic E-state index is 0.0150. The third kappa shape index (κ3) is 3.51. The fourth-order valence-corrected chi connectivity index (χ4v) is 1.80. The SMILES string of the molecule is CCC(C)C(=O)OC(CC)(CC)C(C)C. The second-order valence-corrected chi connectivity index (χ2v) is 4.66. The molecule has 0 amide bonds. The van der Waals surface area contributed by atoms with Crippen LogP contribution in [0.1, 0.15) is 60.8 Å². The first-order chi connectivity index (χ1) is 6.93. The summed E-state index contributed by atoms with van der Waals surface area (Å²) < 4.78 is 5.71. The minimum Gasteiger partial charge on any atom is -0.459 e. The molecule has 0 aromatic rings. The Kier molecular flexibility index (Phi) is 5.92. The summed E-state index contributed by atoms with van der Waals surface area (Å²) >= 11 is 0. The highest BCUT2D eigenvalue weighted by atomic mass is 16.6. The fraction of sp³-hybridized carbons (Fsp3) is 0.923. The Morgan fingerprint density at radius 3 is 1.87 bits per heavy atom. The number of carbonyl (C=O) groups is 1. The molecule has 0 heterocycles. The maximum absolute atomic E-state index is 11.8. The summed E-state index contributed by atoms with van der Waals surface area (Å²) in [6.07, 6.45) is 2.63. The van der Waals surface area contributed by atoms with Crippen molar-refractivity contribution < 1.29 is 9.53 Å². The van der Waals surface area contributed by atoms with Crippen molar-refractivity contribution in [3.05, 3.63) is 0 Å². The van der Waals surface area contributed by atoms with Crippen molar-refractivity contribution in [2.24, 2.45) is 11.8 Å². The zero-order valence-electron chi connectivity index (χ0n) is 11.1. The number of ether oxygens (including phenoxy) is 1. The van der Waals surface area contributed by atoms with Gasteiger partial charge in [0, 0.05) is 0 Å². The molecule has 0 fully saturated rings. The van der Waals surface area contributed by atoms with Crippen LogP contribution in [0.2, 0.25) is 0 Å². The van der Waals surface area contributed by atoms with Gasteiger partial charge in [-0.3, -0.25) is 4.79 Å². The molecule has 0 bridgehead atoms. The van der Waals surface area contributed by atoms with E-state index in [0.29, 0.717) is 5.92 Å². The first-order valence-electron chi connectivity index (χ1n) is 6.16. The first-order valence-corrected chi connectivity index (χ1v) is 6.16. The highest BCUT2D eigenvalue weighted by Crippen LogP contribution is 2.30. The monoisotopic (exact) mass is 214 g/mol. The Morgan fingerprint density at radius 2 is 1.60 bits per heavy atom. The molecule has 0 aliphatic heterocycles. The maximum Gasteiger partial charge on any atom is 0.309 e. The molecule has 90 valence electrons. The molecule has 0 aliphatic carbocycles. The average molecular weight is 214 g/mol. The summed E-state index contributed by atoms with van der Waals surface area (Å²) in [6.45, 7) is 12.4. The number of esters is 1. The summed E-state index contributed by atoms with van der Waals surface area (Å²) in [7, 11) is 0. The lowest BCUT2D eigenvalue weighted by Crippen LogP contribution is -2.40. The molecule has 15 heavy (non-hydrogen) atoms. The predicted octanol–water partition coefficient (Wildman–Crippen LogP) is 3.79. The highest BCUT2D eigenvalue weighted by Gasteiger charge is 2.35. The van der Waals surface area contributed by atoms with E-state index in [-0.39, 0.29) is 17.5 Å². The van der Waals surface area contributed by atoms with Gasteiger partial charge in [-0.1, -0.05) is 41.5 Å². The molecule has 1 atom stereocenters. The van der Waals surface area contributed by atoms with Crippen molar-refractivity contribution in [2.45, 2.75) is 66.4 Å². The van der Waals surface area contributed by atoms with Crippen molar-refractivity contribution in [3.8, 4) is 0 Å². The molecular weight excluding hydrogens is 188 g/mol. The number of rotatable bonds is 6. The Morgan fingerprint density at radius 1 is 1.13 bits per heavy atom. The van der Waals surface area contributed by atoms with Gasteiger partial charge in [-0.15, -0.1) is 0 Å². The van der Waals surface area contributed by atoms with Crippen molar-refractivity contribution in [2.75, 3.05) is 0 Å². The minimum atomic E-state index is -0.263. The lowest BCUT2D eigenvalue weighted by atomic mass is 9.85. The van der Waals surface area contributed by atoms with Gasteiger partial charge in [0.25, 0.3) is 0 Å². The van der Waals surface area contributed by atoms with E-state index >= 15 is 0 Å². The second-order valence-electron chi connectivity index (χ2n) is 4.66. The normalized spacial score (nSPS) is 14.1. The molecular formula is C13H26O2. The smallest absolute Gasteiger partial charge is 0.309 e. The lowest BCUT2D eigenvalue weighted by molar-refractivity contribution is -0.171. The van der Waals surface area contributed by atoms with Crippen LogP contribution in [0.3, 0.4) is 0 Å². The molecule has 2 nitrogen and oxygen atoms in total. The molecule has 0 radical (unpaired) electrons. The zero-order chi connectivity index (χ0) is 12.1. The van der Waals surface area contributed by atoms with Gasteiger partial charge < -0.3 is 4.74 Å².